The van der Waals surface area contributed by atoms with Crippen molar-refractivity contribution >= 4 is 50.7 Å². The molecule has 2 aliphatic heterocycles. The number of aromatic hydroxyl groups is 1. The Morgan fingerprint density at radius 3 is 2.84 bits per heavy atom. The van der Waals surface area contributed by atoms with E-state index in [1.807, 2.05) is 0 Å². The Labute approximate surface area is 266 Å². The number of hydrogen-bond donors (Lipinski definition) is 2. The van der Waals surface area contributed by atoms with Crippen LogP contribution in [0.25, 0.3) is 33.0 Å². The maximum absolute atomic E-state index is 15.1. The average Bonchev–Trinajstić information content (AvgIpc) is 3.53. The van der Waals surface area contributed by atoms with Gasteiger partial charge in [-0.1, -0.05) is 47.5 Å². The van der Waals surface area contributed by atoms with Crippen molar-refractivity contribution in [1.82, 2.24) is 14.9 Å². The van der Waals surface area contributed by atoms with Crippen LogP contribution in [-0.2, 0) is 6.54 Å². The number of phenolic OH excluding ortho intramolecular Hbond substituents is 1. The summed E-state index contributed by atoms with van der Waals surface area (Å²) in [5, 5.41) is 15.0. The molecule has 2 aromatic heterocycles. The van der Waals surface area contributed by atoms with Crippen molar-refractivity contribution in [2.45, 2.75) is 44.4 Å². The summed E-state index contributed by atoms with van der Waals surface area (Å²) in [6.07, 6.45) is 1.17. The number of hydrogen-bond acceptors (Lipinski definition) is 8. The van der Waals surface area contributed by atoms with Crippen molar-refractivity contribution in [3.05, 3.63) is 85.9 Å². The number of alkyl halides is 1. The molecule has 232 valence electrons. The number of benzene rings is 3. The Kier molecular flexibility index (Phi) is 7.54. The highest BCUT2D eigenvalue weighted by Gasteiger charge is 2.49. The van der Waals surface area contributed by atoms with Crippen LogP contribution >= 0.6 is 23.2 Å². The molecule has 0 saturated carbocycles. The first-order chi connectivity index (χ1) is 21.6. The normalized spacial score (nSPS) is 19.8. The Hall–Kier alpha value is -3.99. The number of halogens is 4. The number of fused-ring (bicyclic) bond motifs is 3. The second-order valence-electron chi connectivity index (χ2n) is 11.7. The van der Waals surface area contributed by atoms with Crippen molar-refractivity contribution in [3.63, 3.8) is 0 Å². The number of aromatic nitrogens is 2. The number of phenols is 1. The number of rotatable bonds is 7. The average molecular weight is 654 g/mol. The van der Waals surface area contributed by atoms with Gasteiger partial charge >= 0.3 is 11.6 Å². The molecule has 3 aromatic carbocycles. The van der Waals surface area contributed by atoms with E-state index in [9.17, 15) is 14.3 Å². The zero-order chi connectivity index (χ0) is 31.5. The molecule has 7 rings (SSSR count). The second-order valence-corrected chi connectivity index (χ2v) is 12.5. The molecule has 2 aliphatic rings. The molecule has 0 radical (unpaired) electrons. The summed E-state index contributed by atoms with van der Waals surface area (Å²) in [6.45, 7) is 3.19. The van der Waals surface area contributed by atoms with E-state index in [4.69, 9.17) is 32.4 Å². The summed E-state index contributed by atoms with van der Waals surface area (Å²) in [5.74, 6) is -0.485. The first kappa shape index (κ1) is 29.7. The van der Waals surface area contributed by atoms with Gasteiger partial charge in [0, 0.05) is 36.0 Å². The smallest absolute Gasteiger partial charge is 0.349 e. The van der Waals surface area contributed by atoms with Gasteiger partial charge in [0.15, 0.2) is 0 Å². The largest absolute Gasteiger partial charge is 0.508 e. The third-order valence-electron chi connectivity index (χ3n) is 8.85. The lowest BCUT2D eigenvalue weighted by Gasteiger charge is -2.30. The molecule has 0 unspecified atom stereocenters. The van der Waals surface area contributed by atoms with Crippen molar-refractivity contribution in [3.8, 4) is 23.1 Å². The first-order valence-corrected chi connectivity index (χ1v) is 15.3. The summed E-state index contributed by atoms with van der Waals surface area (Å²) in [7, 11) is 0. The van der Waals surface area contributed by atoms with Gasteiger partial charge in [0.2, 0.25) is 0 Å². The minimum Gasteiger partial charge on any atom is -0.508 e. The van der Waals surface area contributed by atoms with E-state index < -0.39 is 23.2 Å². The number of nitrogens with zero attached hydrogens (tertiary/aromatic N) is 3. The molecule has 2 fully saturated rings. The van der Waals surface area contributed by atoms with Crippen LogP contribution in [0, 0.1) is 12.7 Å². The third-order valence-corrected chi connectivity index (χ3v) is 9.71. The lowest BCUT2D eigenvalue weighted by molar-refractivity contribution is 0.107. The van der Waals surface area contributed by atoms with E-state index in [-0.39, 0.29) is 58.3 Å². The third kappa shape index (κ3) is 5.24. The zero-order valence-corrected chi connectivity index (χ0v) is 25.7. The maximum atomic E-state index is 15.1. The quantitative estimate of drug-likeness (QED) is 0.187. The maximum Gasteiger partial charge on any atom is 0.349 e. The van der Waals surface area contributed by atoms with Crippen molar-refractivity contribution in [1.29, 1.82) is 0 Å². The topological polar surface area (TPSA) is 101 Å². The lowest BCUT2D eigenvalue weighted by atomic mass is 9.95. The Morgan fingerprint density at radius 1 is 1.18 bits per heavy atom. The molecule has 0 aliphatic carbocycles. The summed E-state index contributed by atoms with van der Waals surface area (Å²) >= 11 is 12.6. The molecule has 45 heavy (non-hydrogen) atoms. The van der Waals surface area contributed by atoms with Gasteiger partial charge in [0.05, 0.1) is 21.1 Å². The molecule has 0 bridgehead atoms. The van der Waals surface area contributed by atoms with E-state index in [1.165, 1.54) is 24.3 Å². The van der Waals surface area contributed by atoms with Crippen LogP contribution in [0.2, 0.25) is 10.0 Å². The predicted octanol–water partition coefficient (Wildman–Crippen LogP) is 7.43. The molecule has 2 saturated heterocycles. The summed E-state index contributed by atoms with van der Waals surface area (Å²) in [4.78, 5) is 25.0. The molecule has 4 heterocycles. The van der Waals surface area contributed by atoms with Crippen LogP contribution in [-0.4, -0.2) is 51.4 Å². The molecule has 5 aromatic rings. The van der Waals surface area contributed by atoms with Gasteiger partial charge in [-0.2, -0.15) is 9.97 Å². The fourth-order valence-electron chi connectivity index (χ4n) is 6.74. The summed E-state index contributed by atoms with van der Waals surface area (Å²) in [5.41, 5.74) is 0.254. The van der Waals surface area contributed by atoms with Crippen molar-refractivity contribution < 1.29 is 23.0 Å². The molecule has 0 spiro atoms. The highest BCUT2D eigenvalue weighted by atomic mass is 35.5. The molecule has 2 atom stereocenters. The molecule has 12 heteroatoms. The van der Waals surface area contributed by atoms with E-state index >= 15 is 4.39 Å². The number of aryl methyl sites for hydroxylation is 1. The van der Waals surface area contributed by atoms with Crippen LogP contribution in [0.15, 0.2) is 57.7 Å². The number of nitrogens with one attached hydrogen (secondary N) is 1. The Bertz CT molecular complexity index is 2040. The molecular formula is C33H28Cl2F2N4O4. The fraction of sp³-hybridized carbons (Fsp3) is 0.303. The highest BCUT2D eigenvalue weighted by molar-refractivity contribution is 6.42. The van der Waals surface area contributed by atoms with E-state index in [1.54, 1.807) is 31.2 Å². The monoisotopic (exact) mass is 652 g/mol. The fourth-order valence-corrected chi connectivity index (χ4v) is 7.13. The van der Waals surface area contributed by atoms with Crippen molar-refractivity contribution in [2.24, 2.45) is 0 Å². The lowest BCUT2D eigenvalue weighted by Crippen LogP contribution is -2.43. The minimum atomic E-state index is -0.932. The minimum absolute atomic E-state index is 0.0164. The van der Waals surface area contributed by atoms with Gasteiger partial charge < -0.3 is 19.6 Å². The van der Waals surface area contributed by atoms with Gasteiger partial charge in [0.1, 0.15) is 41.3 Å². The molecule has 0 amide bonds. The highest BCUT2D eigenvalue weighted by Crippen LogP contribution is 2.41. The summed E-state index contributed by atoms with van der Waals surface area (Å²) in [6, 6.07) is 12.5. The van der Waals surface area contributed by atoms with Gasteiger partial charge in [0.25, 0.3) is 0 Å². The second kappa shape index (κ2) is 11.4. The Balaban J connectivity index is 1.37. The van der Waals surface area contributed by atoms with Crippen molar-refractivity contribution in [2.75, 3.05) is 25.0 Å². The standard InChI is InChI=1S/C33H28Cl2F2N4O4/c1-17-28-26(31(43)45-29(17)22-12-21(42)11-18-5-3-8-24(37)25(18)22)30(38-14-19-6-2-7-23(34)27(19)35)40-32(39-28)44-16-33-9-4-10-41(33)15-20(36)13-33/h2-3,5-8,11-12,20,42H,4,9-10,13-16H2,1H3,(H,38,39,40)/t20-,33+/m1/s1. The molecule has 8 nitrogen and oxygen atoms in total. The van der Waals surface area contributed by atoms with Crippen LogP contribution in [0.5, 0.6) is 11.8 Å². The van der Waals surface area contributed by atoms with Crippen LogP contribution in [0.4, 0.5) is 14.6 Å². The van der Waals surface area contributed by atoms with Gasteiger partial charge in [-0.15, -0.1) is 0 Å². The zero-order valence-electron chi connectivity index (χ0n) is 24.2. The van der Waals surface area contributed by atoms with Gasteiger partial charge in [-0.05, 0) is 61.5 Å². The number of ether oxygens (including phenoxy) is 1. The molecule has 2 N–H and O–H groups in total. The first-order valence-electron chi connectivity index (χ1n) is 14.6. The van der Waals surface area contributed by atoms with Crippen LogP contribution in [0.3, 0.4) is 0 Å². The van der Waals surface area contributed by atoms with E-state index in [0.29, 0.717) is 39.5 Å². The SMILES string of the molecule is Cc1c(-c2cc(O)cc3cccc(F)c23)oc(=O)c2c(NCc3cccc(Cl)c3Cl)nc(OC[C@@]34CCCN3C[C@H](F)C4)nc12. The summed E-state index contributed by atoms with van der Waals surface area (Å²) < 4.78 is 41.6. The Morgan fingerprint density at radius 2 is 2.00 bits per heavy atom. The van der Waals surface area contributed by atoms with Crippen LogP contribution in [0.1, 0.15) is 30.4 Å². The number of anilines is 1. The van der Waals surface area contributed by atoms with Crippen LogP contribution < -0.4 is 15.7 Å². The van der Waals surface area contributed by atoms with Gasteiger partial charge in [-0.3, -0.25) is 4.90 Å². The van der Waals surface area contributed by atoms with E-state index in [0.717, 1.165) is 19.4 Å². The van der Waals surface area contributed by atoms with E-state index in [2.05, 4.69) is 20.2 Å². The predicted molar refractivity (Wildman–Crippen MR) is 170 cm³/mol. The van der Waals surface area contributed by atoms with Gasteiger partial charge in [-0.25, -0.2) is 13.6 Å². The molecular weight excluding hydrogens is 625 g/mol.